The van der Waals surface area contributed by atoms with Gasteiger partial charge in [0.05, 0.1) is 21.6 Å². The van der Waals surface area contributed by atoms with Gasteiger partial charge in [-0.15, -0.1) is 0 Å². The molecule has 0 aliphatic carbocycles. The van der Waals surface area contributed by atoms with Gasteiger partial charge in [-0.3, -0.25) is 10.1 Å². The Labute approximate surface area is 136 Å². The number of benzene rings is 2. The van der Waals surface area contributed by atoms with Crippen molar-refractivity contribution in [2.24, 2.45) is 0 Å². The molecule has 7 heteroatoms. The first-order valence-corrected chi connectivity index (χ1v) is 6.92. The van der Waals surface area contributed by atoms with E-state index in [4.69, 9.17) is 21.1 Å². The van der Waals surface area contributed by atoms with Crippen LogP contribution in [0.2, 0.25) is 5.02 Å². The zero-order valence-electron chi connectivity index (χ0n) is 11.7. The van der Waals surface area contributed by atoms with Crippen LogP contribution in [0.15, 0.2) is 36.4 Å². The Balaban J connectivity index is 1.99. The van der Waals surface area contributed by atoms with Crippen LogP contribution in [0.5, 0.6) is 11.5 Å². The second-order valence-electron chi connectivity index (χ2n) is 4.70. The Kier molecular flexibility index (Phi) is 3.87. The molecular weight excluding hydrogens is 320 g/mol. The van der Waals surface area contributed by atoms with Crippen LogP contribution in [-0.4, -0.2) is 11.7 Å². The second kappa shape index (κ2) is 5.99. The fourth-order valence-corrected chi connectivity index (χ4v) is 2.35. The first kappa shape index (κ1) is 14.9. The highest BCUT2D eigenvalue weighted by Gasteiger charge is 2.16. The van der Waals surface area contributed by atoms with E-state index in [9.17, 15) is 15.4 Å². The fraction of sp³-hybridized carbons (Fsp3) is 0.0625. The molecule has 0 fully saturated rings. The molecule has 1 aliphatic rings. The third-order valence-corrected chi connectivity index (χ3v) is 3.63. The highest BCUT2D eigenvalue weighted by Crippen LogP contribution is 2.38. The van der Waals surface area contributed by atoms with Gasteiger partial charge >= 0.3 is 0 Å². The van der Waals surface area contributed by atoms with Gasteiger partial charge in [-0.05, 0) is 35.4 Å². The van der Waals surface area contributed by atoms with E-state index < -0.39 is 4.92 Å². The topological polar surface area (TPSA) is 85.4 Å². The number of nitrogens with zero attached hydrogens (tertiary/aromatic N) is 2. The summed E-state index contributed by atoms with van der Waals surface area (Å²) in [4.78, 5) is 10.2. The van der Waals surface area contributed by atoms with E-state index in [1.54, 1.807) is 18.2 Å². The number of nitro benzene ring substituents is 1. The van der Waals surface area contributed by atoms with Crippen LogP contribution < -0.4 is 9.47 Å². The molecule has 1 aliphatic heterocycles. The number of nitro groups is 1. The Morgan fingerprint density at radius 2 is 1.91 bits per heavy atom. The Hall–Kier alpha value is -3.04. The third-order valence-electron chi connectivity index (χ3n) is 3.30. The molecule has 0 saturated carbocycles. The van der Waals surface area contributed by atoms with Crippen molar-refractivity contribution in [2.45, 2.75) is 0 Å². The lowest BCUT2D eigenvalue weighted by Gasteiger charge is -2.04. The molecule has 3 rings (SSSR count). The second-order valence-corrected chi connectivity index (χ2v) is 5.11. The first-order chi connectivity index (χ1) is 11.1. The van der Waals surface area contributed by atoms with Gasteiger partial charge in [-0.1, -0.05) is 11.6 Å². The quantitative estimate of drug-likeness (QED) is 0.367. The zero-order valence-corrected chi connectivity index (χ0v) is 12.4. The lowest BCUT2D eigenvalue weighted by atomic mass is 10.0. The number of halogens is 1. The van der Waals surface area contributed by atoms with Crippen molar-refractivity contribution in [2.75, 3.05) is 6.79 Å². The summed E-state index contributed by atoms with van der Waals surface area (Å²) < 4.78 is 10.5. The van der Waals surface area contributed by atoms with Gasteiger partial charge in [-0.25, -0.2) is 0 Å². The van der Waals surface area contributed by atoms with Gasteiger partial charge in [0.1, 0.15) is 0 Å². The number of rotatable bonds is 3. The van der Waals surface area contributed by atoms with Crippen LogP contribution in [0.4, 0.5) is 5.69 Å². The van der Waals surface area contributed by atoms with Gasteiger partial charge in [0, 0.05) is 18.2 Å². The average molecular weight is 329 g/mol. The van der Waals surface area contributed by atoms with E-state index in [0.29, 0.717) is 33.2 Å². The molecule has 114 valence electrons. The van der Waals surface area contributed by atoms with Crippen molar-refractivity contribution < 1.29 is 14.4 Å². The van der Waals surface area contributed by atoms with Crippen LogP contribution in [-0.2, 0) is 0 Å². The third kappa shape index (κ3) is 2.96. The van der Waals surface area contributed by atoms with Crippen LogP contribution in [0.25, 0.3) is 11.6 Å². The lowest BCUT2D eigenvalue weighted by molar-refractivity contribution is -0.384. The van der Waals surface area contributed by atoms with E-state index in [-0.39, 0.29) is 12.5 Å². The van der Waals surface area contributed by atoms with E-state index in [0.717, 1.165) is 0 Å². The van der Waals surface area contributed by atoms with E-state index in [1.165, 1.54) is 24.3 Å². The standard InChI is InChI=1S/C16H9ClN2O4/c17-14-7-16-15(22-9-23-16)6-11(14)5-12(8-18)10-1-3-13(4-2-10)19(20)21/h1-7H,9H2. The number of allylic oxidation sites excluding steroid dienone is 1. The van der Waals surface area contributed by atoms with E-state index in [2.05, 4.69) is 6.07 Å². The van der Waals surface area contributed by atoms with Gasteiger partial charge < -0.3 is 9.47 Å². The molecule has 0 saturated heterocycles. The Bertz CT molecular complexity index is 854. The SMILES string of the molecule is N#CC(=Cc1cc2c(cc1Cl)OCO2)c1ccc([N+](=O)[O-])cc1. The molecule has 0 aromatic heterocycles. The summed E-state index contributed by atoms with van der Waals surface area (Å²) in [6.45, 7) is 0.131. The first-order valence-electron chi connectivity index (χ1n) is 6.54. The number of ether oxygens (including phenoxy) is 2. The maximum absolute atomic E-state index is 10.7. The molecule has 0 bridgehead atoms. The summed E-state index contributed by atoms with van der Waals surface area (Å²) >= 11 is 6.18. The van der Waals surface area contributed by atoms with Crippen molar-refractivity contribution in [1.29, 1.82) is 5.26 Å². The normalized spacial score (nSPS) is 12.8. The van der Waals surface area contributed by atoms with Crippen molar-refractivity contribution in [1.82, 2.24) is 0 Å². The summed E-state index contributed by atoms with van der Waals surface area (Å²) in [6.07, 6.45) is 1.60. The maximum Gasteiger partial charge on any atom is 0.269 e. The average Bonchev–Trinajstić information content (AvgIpc) is 2.99. The molecular formula is C16H9ClN2O4. The predicted molar refractivity (Wildman–Crippen MR) is 84.2 cm³/mol. The van der Waals surface area contributed by atoms with Crippen LogP contribution in [0.1, 0.15) is 11.1 Å². The number of nitriles is 1. The Morgan fingerprint density at radius 3 is 2.52 bits per heavy atom. The van der Waals surface area contributed by atoms with Crippen molar-refractivity contribution >= 4 is 28.9 Å². The van der Waals surface area contributed by atoms with Gasteiger partial charge in [0.15, 0.2) is 11.5 Å². The van der Waals surface area contributed by atoms with Gasteiger partial charge in [0.2, 0.25) is 6.79 Å². The van der Waals surface area contributed by atoms with Crippen molar-refractivity contribution in [3.05, 3.63) is 62.7 Å². The molecule has 2 aromatic rings. The molecule has 0 spiro atoms. The number of non-ortho nitro benzene ring substituents is 1. The van der Waals surface area contributed by atoms with Crippen LogP contribution in [0, 0.1) is 21.4 Å². The highest BCUT2D eigenvalue weighted by molar-refractivity contribution is 6.32. The Morgan fingerprint density at radius 1 is 1.26 bits per heavy atom. The smallest absolute Gasteiger partial charge is 0.269 e. The molecule has 23 heavy (non-hydrogen) atoms. The van der Waals surface area contributed by atoms with Gasteiger partial charge in [0.25, 0.3) is 5.69 Å². The number of hydrogen-bond donors (Lipinski definition) is 0. The maximum atomic E-state index is 10.7. The summed E-state index contributed by atoms with van der Waals surface area (Å²) in [5, 5.41) is 20.5. The largest absolute Gasteiger partial charge is 0.454 e. The number of fused-ring (bicyclic) bond motifs is 1. The van der Waals surface area contributed by atoms with Crippen molar-refractivity contribution in [3.63, 3.8) is 0 Å². The lowest BCUT2D eigenvalue weighted by Crippen LogP contribution is -1.92. The van der Waals surface area contributed by atoms with Crippen LogP contribution in [0.3, 0.4) is 0 Å². The van der Waals surface area contributed by atoms with Crippen LogP contribution >= 0.6 is 11.6 Å². The highest BCUT2D eigenvalue weighted by atomic mass is 35.5. The summed E-state index contributed by atoms with van der Waals surface area (Å²) in [7, 11) is 0. The minimum atomic E-state index is -0.492. The molecule has 1 heterocycles. The molecule has 6 nitrogen and oxygen atoms in total. The van der Waals surface area contributed by atoms with E-state index >= 15 is 0 Å². The minimum Gasteiger partial charge on any atom is -0.454 e. The van der Waals surface area contributed by atoms with Gasteiger partial charge in [-0.2, -0.15) is 5.26 Å². The monoisotopic (exact) mass is 328 g/mol. The van der Waals surface area contributed by atoms with E-state index in [1.807, 2.05) is 0 Å². The summed E-state index contributed by atoms with van der Waals surface area (Å²) in [5.74, 6) is 1.11. The molecule has 2 aromatic carbocycles. The molecule has 0 amide bonds. The molecule has 0 radical (unpaired) electrons. The minimum absolute atomic E-state index is 0.0350. The molecule has 0 N–H and O–H groups in total. The predicted octanol–water partition coefficient (Wildman–Crippen LogP) is 4.04. The summed E-state index contributed by atoms with van der Waals surface area (Å²) in [6, 6.07) is 11.1. The summed E-state index contributed by atoms with van der Waals surface area (Å²) in [5.41, 5.74) is 1.46. The fourth-order valence-electron chi connectivity index (χ4n) is 2.14. The molecule has 0 atom stereocenters. The van der Waals surface area contributed by atoms with Crippen molar-refractivity contribution in [3.8, 4) is 17.6 Å². The zero-order chi connectivity index (χ0) is 16.4. The number of hydrogen-bond acceptors (Lipinski definition) is 5. The molecule has 0 unspecified atom stereocenters.